The predicted octanol–water partition coefficient (Wildman–Crippen LogP) is 7.26. The SMILES string of the molecule is Cc1ccc(C)c(NC(=O)CCN2C(=S)N[C@H](c3ccccn3)[C@@H]2c2cc(C)n(-c3cccc4ccccc34)c2C)c1. The Balaban J connectivity index is 1.36. The van der Waals surface area contributed by atoms with Gasteiger partial charge in [0.15, 0.2) is 5.11 Å². The third-order valence-corrected chi connectivity index (χ3v) is 8.59. The lowest BCUT2D eigenvalue weighted by molar-refractivity contribution is -0.116. The first-order chi connectivity index (χ1) is 20.3. The molecule has 1 aliphatic heterocycles. The number of benzene rings is 3. The molecule has 2 N–H and O–H groups in total. The molecule has 5 aromatic rings. The van der Waals surface area contributed by atoms with Crippen molar-refractivity contribution in [2.75, 3.05) is 11.9 Å². The second-order valence-electron chi connectivity index (χ2n) is 11.1. The Morgan fingerprint density at radius 1 is 0.952 bits per heavy atom. The van der Waals surface area contributed by atoms with E-state index < -0.39 is 0 Å². The van der Waals surface area contributed by atoms with Crippen molar-refractivity contribution in [3.63, 3.8) is 0 Å². The van der Waals surface area contributed by atoms with Crippen molar-refractivity contribution in [3.05, 3.63) is 125 Å². The molecule has 1 fully saturated rings. The van der Waals surface area contributed by atoms with Gasteiger partial charge in [0.25, 0.3) is 0 Å². The first-order valence-corrected chi connectivity index (χ1v) is 14.7. The van der Waals surface area contributed by atoms with Crippen molar-refractivity contribution >= 4 is 39.7 Å². The van der Waals surface area contributed by atoms with Gasteiger partial charge in [0.2, 0.25) is 5.91 Å². The Kier molecular flexibility index (Phi) is 7.52. The molecule has 7 heteroatoms. The minimum absolute atomic E-state index is 0.0345. The van der Waals surface area contributed by atoms with Crippen LogP contribution in [0.15, 0.2) is 91.1 Å². The van der Waals surface area contributed by atoms with Gasteiger partial charge in [-0.15, -0.1) is 0 Å². The summed E-state index contributed by atoms with van der Waals surface area (Å²) in [7, 11) is 0. The highest BCUT2D eigenvalue weighted by Gasteiger charge is 2.41. The Morgan fingerprint density at radius 3 is 2.55 bits per heavy atom. The van der Waals surface area contributed by atoms with Gasteiger partial charge in [-0.05, 0) is 92.3 Å². The van der Waals surface area contributed by atoms with Crippen LogP contribution in [0.5, 0.6) is 0 Å². The van der Waals surface area contributed by atoms with Crippen molar-refractivity contribution in [3.8, 4) is 5.69 Å². The standard InChI is InChI=1S/C35H35N5OS/c1-22-15-16-23(2)30(20-22)37-32(41)17-19-39-34(33(38-35(39)42)29-13-7-8-18-36-29)28-21-24(3)40(25(28)4)31-14-9-11-26-10-5-6-12-27(26)31/h5-16,18,20-21,33-34H,17,19H2,1-4H3,(H,37,41)(H,38,42)/t33-,34+/m1/s1. The van der Waals surface area contributed by atoms with Crippen molar-refractivity contribution in [2.24, 2.45) is 0 Å². The van der Waals surface area contributed by atoms with Crippen LogP contribution in [-0.2, 0) is 4.79 Å². The zero-order chi connectivity index (χ0) is 29.4. The van der Waals surface area contributed by atoms with E-state index in [1.165, 1.54) is 16.3 Å². The molecular formula is C35H35N5OS. The summed E-state index contributed by atoms with van der Waals surface area (Å²) in [5.41, 5.74) is 8.53. The van der Waals surface area contributed by atoms with E-state index in [0.717, 1.165) is 39.6 Å². The number of carbonyl (C=O) groups is 1. The molecule has 3 aromatic carbocycles. The number of pyridine rings is 1. The molecule has 42 heavy (non-hydrogen) atoms. The first-order valence-electron chi connectivity index (χ1n) is 14.3. The van der Waals surface area contributed by atoms with E-state index in [-0.39, 0.29) is 18.0 Å². The van der Waals surface area contributed by atoms with Gasteiger partial charge >= 0.3 is 0 Å². The Hall–Kier alpha value is -4.49. The summed E-state index contributed by atoms with van der Waals surface area (Å²) < 4.78 is 2.33. The summed E-state index contributed by atoms with van der Waals surface area (Å²) in [6.07, 6.45) is 2.12. The fourth-order valence-corrected chi connectivity index (χ4v) is 6.48. The smallest absolute Gasteiger partial charge is 0.226 e. The van der Waals surface area contributed by atoms with Gasteiger partial charge in [-0.2, -0.15) is 0 Å². The quantitative estimate of drug-likeness (QED) is 0.201. The van der Waals surface area contributed by atoms with Gasteiger partial charge in [-0.3, -0.25) is 9.78 Å². The van der Waals surface area contributed by atoms with Crippen LogP contribution >= 0.6 is 12.2 Å². The minimum atomic E-state index is -0.151. The number of hydrogen-bond acceptors (Lipinski definition) is 3. The van der Waals surface area contributed by atoms with Gasteiger partial charge in [-0.1, -0.05) is 54.6 Å². The van der Waals surface area contributed by atoms with E-state index in [0.29, 0.717) is 18.1 Å². The third-order valence-electron chi connectivity index (χ3n) is 8.24. The summed E-state index contributed by atoms with van der Waals surface area (Å²) in [6, 6.07) is 29.0. The molecule has 6 nitrogen and oxygen atoms in total. The molecule has 0 saturated carbocycles. The number of amides is 1. The summed E-state index contributed by atoms with van der Waals surface area (Å²) in [6.45, 7) is 8.84. The predicted molar refractivity (Wildman–Crippen MR) is 174 cm³/mol. The van der Waals surface area contributed by atoms with Crippen molar-refractivity contribution in [1.29, 1.82) is 0 Å². The first kappa shape index (κ1) is 27.7. The van der Waals surface area contributed by atoms with Gasteiger partial charge in [-0.25, -0.2) is 0 Å². The maximum Gasteiger partial charge on any atom is 0.226 e. The third kappa shape index (κ3) is 5.16. The van der Waals surface area contributed by atoms with Crippen molar-refractivity contribution < 1.29 is 4.79 Å². The molecule has 212 valence electrons. The Morgan fingerprint density at radius 2 is 1.74 bits per heavy atom. The van der Waals surface area contributed by atoms with Crippen LogP contribution in [-0.4, -0.2) is 32.0 Å². The van der Waals surface area contributed by atoms with Gasteiger partial charge in [0.05, 0.1) is 23.5 Å². The summed E-state index contributed by atoms with van der Waals surface area (Å²) in [5.74, 6) is -0.0345. The summed E-state index contributed by atoms with van der Waals surface area (Å²) >= 11 is 5.90. The number of aromatic nitrogens is 2. The highest BCUT2D eigenvalue weighted by Crippen LogP contribution is 2.42. The Bertz CT molecular complexity index is 1790. The molecule has 0 bridgehead atoms. The highest BCUT2D eigenvalue weighted by atomic mass is 32.1. The minimum Gasteiger partial charge on any atom is -0.352 e. The molecule has 1 amide bonds. The fraction of sp³-hybridized carbons (Fsp3) is 0.229. The number of nitrogens with zero attached hydrogens (tertiary/aromatic N) is 3. The van der Waals surface area contributed by atoms with Crippen LogP contribution in [0.3, 0.4) is 0 Å². The van der Waals surface area contributed by atoms with Gasteiger partial charge in [0.1, 0.15) is 0 Å². The monoisotopic (exact) mass is 573 g/mol. The van der Waals surface area contributed by atoms with Crippen LogP contribution in [0.25, 0.3) is 16.5 Å². The highest BCUT2D eigenvalue weighted by molar-refractivity contribution is 7.80. The lowest BCUT2D eigenvalue weighted by Crippen LogP contribution is -2.33. The topological polar surface area (TPSA) is 62.2 Å². The fourth-order valence-electron chi connectivity index (χ4n) is 6.15. The largest absolute Gasteiger partial charge is 0.352 e. The maximum absolute atomic E-state index is 13.2. The number of aryl methyl sites for hydroxylation is 3. The summed E-state index contributed by atoms with van der Waals surface area (Å²) in [5, 5.41) is 9.68. The zero-order valence-corrected chi connectivity index (χ0v) is 25.2. The van der Waals surface area contributed by atoms with Crippen molar-refractivity contribution in [2.45, 2.75) is 46.2 Å². The van der Waals surface area contributed by atoms with E-state index in [1.807, 2.05) is 50.4 Å². The number of thiocarbonyl (C=S) groups is 1. The average molecular weight is 574 g/mol. The summed E-state index contributed by atoms with van der Waals surface area (Å²) in [4.78, 5) is 20.0. The number of anilines is 1. The van der Waals surface area contributed by atoms with E-state index in [4.69, 9.17) is 17.2 Å². The van der Waals surface area contributed by atoms with E-state index in [9.17, 15) is 4.79 Å². The lowest BCUT2D eigenvalue weighted by Gasteiger charge is -2.28. The molecule has 6 rings (SSSR count). The lowest BCUT2D eigenvalue weighted by atomic mass is 9.96. The Labute approximate surface area is 252 Å². The molecule has 0 radical (unpaired) electrons. The molecule has 0 aliphatic carbocycles. The van der Waals surface area contributed by atoms with Crippen LogP contribution in [0, 0.1) is 27.7 Å². The molecule has 3 heterocycles. The molecule has 2 aromatic heterocycles. The maximum atomic E-state index is 13.2. The van der Waals surface area contributed by atoms with E-state index in [2.05, 4.69) is 88.5 Å². The number of nitrogens with one attached hydrogen (secondary N) is 2. The normalized spacial score (nSPS) is 16.6. The second kappa shape index (κ2) is 11.4. The van der Waals surface area contributed by atoms with Crippen LogP contribution in [0.4, 0.5) is 5.69 Å². The van der Waals surface area contributed by atoms with Crippen LogP contribution < -0.4 is 10.6 Å². The van der Waals surface area contributed by atoms with E-state index >= 15 is 0 Å². The zero-order valence-electron chi connectivity index (χ0n) is 24.4. The molecule has 2 atom stereocenters. The van der Waals surface area contributed by atoms with Gasteiger partial charge in [0, 0.05) is 41.6 Å². The number of rotatable bonds is 7. The molecule has 1 saturated heterocycles. The average Bonchev–Trinajstić information content (AvgIpc) is 3.48. The second-order valence-corrected chi connectivity index (χ2v) is 11.5. The van der Waals surface area contributed by atoms with Gasteiger partial charge < -0.3 is 20.1 Å². The number of hydrogen-bond donors (Lipinski definition) is 2. The van der Waals surface area contributed by atoms with Crippen LogP contribution in [0.1, 0.15) is 52.3 Å². The number of fused-ring (bicyclic) bond motifs is 1. The molecule has 1 aliphatic rings. The van der Waals surface area contributed by atoms with Crippen molar-refractivity contribution in [1.82, 2.24) is 19.8 Å². The van der Waals surface area contributed by atoms with E-state index in [1.54, 1.807) is 0 Å². The van der Waals surface area contributed by atoms with Crippen LogP contribution in [0.2, 0.25) is 0 Å². The molecule has 0 unspecified atom stereocenters. The number of carbonyl (C=O) groups excluding carboxylic acids is 1. The molecule has 0 spiro atoms. The molecular weight excluding hydrogens is 538 g/mol.